The first-order chi connectivity index (χ1) is 8.54. The fourth-order valence-electron chi connectivity index (χ4n) is 1.53. The fraction of sp³-hybridized carbons (Fsp3) is 0.231. The molecule has 0 aliphatic heterocycles. The van der Waals surface area contributed by atoms with Gasteiger partial charge in [-0.1, -0.05) is 13.8 Å². The third-order valence-corrected chi connectivity index (χ3v) is 2.49. The van der Waals surface area contributed by atoms with E-state index in [2.05, 4.69) is 15.3 Å². The summed E-state index contributed by atoms with van der Waals surface area (Å²) >= 11 is 0. The standard InChI is InChI=1S/C13H16N4O/c1-8(2)13-16-11(7-12(18)17-13)15-10-5-3-9(14)4-6-10/h3-8H,14H2,1-2H3,(H2,15,16,17,18). The number of nitrogens with zero attached hydrogens (tertiary/aromatic N) is 1. The summed E-state index contributed by atoms with van der Waals surface area (Å²) in [6.07, 6.45) is 0. The smallest absolute Gasteiger partial charge is 0.252 e. The van der Waals surface area contributed by atoms with Gasteiger partial charge < -0.3 is 16.0 Å². The van der Waals surface area contributed by atoms with Crippen LogP contribution in [0, 0.1) is 0 Å². The molecule has 0 bridgehead atoms. The van der Waals surface area contributed by atoms with Crippen molar-refractivity contribution in [3.63, 3.8) is 0 Å². The zero-order chi connectivity index (χ0) is 13.1. The molecule has 0 fully saturated rings. The van der Waals surface area contributed by atoms with Crippen molar-refractivity contribution >= 4 is 17.2 Å². The van der Waals surface area contributed by atoms with E-state index in [-0.39, 0.29) is 11.5 Å². The van der Waals surface area contributed by atoms with Gasteiger partial charge in [0.25, 0.3) is 5.56 Å². The van der Waals surface area contributed by atoms with Gasteiger partial charge in [-0.25, -0.2) is 4.98 Å². The lowest BCUT2D eigenvalue weighted by atomic mass is 10.2. The number of H-pyrrole nitrogens is 1. The van der Waals surface area contributed by atoms with Crippen LogP contribution in [0.1, 0.15) is 25.6 Å². The number of aromatic amines is 1. The van der Waals surface area contributed by atoms with Gasteiger partial charge in [-0.2, -0.15) is 0 Å². The maximum Gasteiger partial charge on any atom is 0.252 e. The minimum absolute atomic E-state index is 0.161. The van der Waals surface area contributed by atoms with Gasteiger partial charge >= 0.3 is 0 Å². The predicted octanol–water partition coefficient (Wildman–Crippen LogP) is 2.22. The molecular weight excluding hydrogens is 228 g/mol. The van der Waals surface area contributed by atoms with Crippen molar-refractivity contribution < 1.29 is 0 Å². The maximum absolute atomic E-state index is 11.5. The first-order valence-corrected chi connectivity index (χ1v) is 5.78. The molecule has 1 aromatic heterocycles. The third kappa shape index (κ3) is 2.88. The minimum atomic E-state index is -0.161. The van der Waals surface area contributed by atoms with Crippen molar-refractivity contribution in [1.29, 1.82) is 0 Å². The molecule has 1 heterocycles. The number of aromatic nitrogens is 2. The van der Waals surface area contributed by atoms with Gasteiger partial charge in [0.05, 0.1) is 0 Å². The molecule has 0 unspecified atom stereocenters. The molecule has 1 aromatic carbocycles. The number of hydrogen-bond donors (Lipinski definition) is 3. The second-order valence-corrected chi connectivity index (χ2v) is 4.42. The molecule has 0 atom stereocenters. The second kappa shape index (κ2) is 4.91. The first-order valence-electron chi connectivity index (χ1n) is 5.78. The van der Waals surface area contributed by atoms with Crippen molar-refractivity contribution in [3.8, 4) is 0 Å². The summed E-state index contributed by atoms with van der Waals surface area (Å²) < 4.78 is 0. The minimum Gasteiger partial charge on any atom is -0.399 e. The normalized spacial score (nSPS) is 10.6. The number of nitrogens with two attached hydrogens (primary N) is 1. The summed E-state index contributed by atoms with van der Waals surface area (Å²) in [4.78, 5) is 18.6. The van der Waals surface area contributed by atoms with Crippen LogP contribution in [0.15, 0.2) is 35.1 Å². The van der Waals surface area contributed by atoms with Crippen molar-refractivity contribution in [3.05, 3.63) is 46.5 Å². The van der Waals surface area contributed by atoms with Crippen LogP contribution >= 0.6 is 0 Å². The zero-order valence-electron chi connectivity index (χ0n) is 10.4. The van der Waals surface area contributed by atoms with E-state index in [0.717, 1.165) is 5.69 Å². The van der Waals surface area contributed by atoms with Crippen LogP contribution in [0.3, 0.4) is 0 Å². The molecule has 0 saturated carbocycles. The highest BCUT2D eigenvalue weighted by molar-refractivity contribution is 5.58. The average Bonchev–Trinajstić information content (AvgIpc) is 2.31. The SMILES string of the molecule is CC(C)c1nc(Nc2ccc(N)cc2)cc(=O)[nH]1. The quantitative estimate of drug-likeness (QED) is 0.723. The highest BCUT2D eigenvalue weighted by atomic mass is 16.1. The highest BCUT2D eigenvalue weighted by Gasteiger charge is 2.05. The highest BCUT2D eigenvalue weighted by Crippen LogP contribution is 2.16. The Morgan fingerprint density at radius 3 is 2.56 bits per heavy atom. The van der Waals surface area contributed by atoms with Gasteiger partial charge in [0, 0.05) is 23.4 Å². The molecule has 2 rings (SSSR count). The molecular formula is C13H16N4O. The van der Waals surface area contributed by atoms with Crippen LogP contribution < -0.4 is 16.6 Å². The van der Waals surface area contributed by atoms with E-state index in [0.29, 0.717) is 17.3 Å². The molecule has 0 aliphatic carbocycles. The van der Waals surface area contributed by atoms with Gasteiger partial charge in [-0.05, 0) is 24.3 Å². The molecule has 0 radical (unpaired) electrons. The van der Waals surface area contributed by atoms with Crippen molar-refractivity contribution in [2.24, 2.45) is 0 Å². The van der Waals surface area contributed by atoms with E-state index in [1.807, 2.05) is 26.0 Å². The molecule has 18 heavy (non-hydrogen) atoms. The van der Waals surface area contributed by atoms with Crippen LogP contribution in [0.5, 0.6) is 0 Å². The topological polar surface area (TPSA) is 83.8 Å². The Morgan fingerprint density at radius 2 is 1.94 bits per heavy atom. The number of hydrogen-bond acceptors (Lipinski definition) is 4. The summed E-state index contributed by atoms with van der Waals surface area (Å²) in [6, 6.07) is 8.69. The molecule has 4 N–H and O–H groups in total. The van der Waals surface area contributed by atoms with Crippen molar-refractivity contribution in [2.75, 3.05) is 11.1 Å². The summed E-state index contributed by atoms with van der Waals surface area (Å²) in [6.45, 7) is 3.95. The Labute approximate surface area is 105 Å². The Morgan fingerprint density at radius 1 is 1.28 bits per heavy atom. The molecule has 0 aliphatic rings. The summed E-state index contributed by atoms with van der Waals surface area (Å²) in [5.74, 6) is 1.37. The van der Waals surface area contributed by atoms with Crippen molar-refractivity contribution in [2.45, 2.75) is 19.8 Å². The molecule has 0 saturated heterocycles. The number of nitrogens with one attached hydrogen (secondary N) is 2. The largest absolute Gasteiger partial charge is 0.399 e. The lowest BCUT2D eigenvalue weighted by molar-refractivity contribution is 0.769. The monoisotopic (exact) mass is 244 g/mol. The molecule has 0 amide bonds. The Kier molecular flexibility index (Phi) is 3.32. The lowest BCUT2D eigenvalue weighted by Crippen LogP contribution is -2.13. The van der Waals surface area contributed by atoms with E-state index >= 15 is 0 Å². The molecule has 94 valence electrons. The first kappa shape index (κ1) is 12.2. The van der Waals surface area contributed by atoms with Crippen LogP contribution in [0.4, 0.5) is 17.2 Å². The fourth-order valence-corrected chi connectivity index (χ4v) is 1.53. The Bertz CT molecular complexity index is 587. The predicted molar refractivity (Wildman–Crippen MR) is 73.1 cm³/mol. The number of rotatable bonds is 3. The van der Waals surface area contributed by atoms with E-state index < -0.39 is 0 Å². The number of nitrogen functional groups attached to an aromatic ring is 1. The van der Waals surface area contributed by atoms with Crippen LogP contribution in [-0.4, -0.2) is 9.97 Å². The van der Waals surface area contributed by atoms with Crippen LogP contribution in [-0.2, 0) is 0 Å². The maximum atomic E-state index is 11.5. The van der Waals surface area contributed by atoms with E-state index in [1.165, 1.54) is 6.07 Å². The lowest BCUT2D eigenvalue weighted by Gasteiger charge is -2.09. The van der Waals surface area contributed by atoms with Crippen LogP contribution in [0.25, 0.3) is 0 Å². The van der Waals surface area contributed by atoms with Gasteiger partial charge in [-0.3, -0.25) is 4.79 Å². The summed E-state index contributed by atoms with van der Waals surface area (Å²) in [5, 5.41) is 3.08. The van der Waals surface area contributed by atoms with Gasteiger partial charge in [0.15, 0.2) is 0 Å². The Hall–Kier alpha value is -2.30. The van der Waals surface area contributed by atoms with Gasteiger partial charge in [0.2, 0.25) is 0 Å². The van der Waals surface area contributed by atoms with E-state index in [9.17, 15) is 4.79 Å². The van der Waals surface area contributed by atoms with Crippen molar-refractivity contribution in [1.82, 2.24) is 9.97 Å². The van der Waals surface area contributed by atoms with E-state index in [4.69, 9.17) is 5.73 Å². The van der Waals surface area contributed by atoms with Gasteiger partial charge in [-0.15, -0.1) is 0 Å². The molecule has 5 nitrogen and oxygen atoms in total. The molecule has 0 spiro atoms. The summed E-state index contributed by atoms with van der Waals surface area (Å²) in [5.41, 5.74) is 6.99. The average molecular weight is 244 g/mol. The third-order valence-electron chi connectivity index (χ3n) is 2.49. The molecule has 2 aromatic rings. The van der Waals surface area contributed by atoms with Crippen LogP contribution in [0.2, 0.25) is 0 Å². The van der Waals surface area contributed by atoms with E-state index in [1.54, 1.807) is 12.1 Å². The Balaban J connectivity index is 2.28. The van der Waals surface area contributed by atoms with Gasteiger partial charge in [0.1, 0.15) is 11.6 Å². The summed E-state index contributed by atoms with van der Waals surface area (Å²) in [7, 11) is 0. The number of anilines is 3. The second-order valence-electron chi connectivity index (χ2n) is 4.42. The molecule has 5 heteroatoms. The zero-order valence-corrected chi connectivity index (χ0v) is 10.4. The number of benzene rings is 1.